The number of hydrogen-bond acceptors (Lipinski definition) is 5. The van der Waals surface area contributed by atoms with Crippen molar-refractivity contribution in [2.75, 3.05) is 30.8 Å². The van der Waals surface area contributed by atoms with Crippen molar-refractivity contribution in [1.82, 2.24) is 10.2 Å². The van der Waals surface area contributed by atoms with E-state index in [0.717, 1.165) is 34.5 Å². The summed E-state index contributed by atoms with van der Waals surface area (Å²) in [5.74, 6) is -0.151. The number of hydrogen-bond donors (Lipinski definition) is 1. The Kier molecular flexibility index (Phi) is 10.9. The molecule has 0 saturated heterocycles. The van der Waals surface area contributed by atoms with Gasteiger partial charge in [0.2, 0.25) is 21.8 Å². The molecular weight excluding hydrogens is 514 g/mol. The number of methoxy groups -OCH3 is 1. The average Bonchev–Trinajstić information content (AvgIpc) is 2.94. The number of anilines is 1. The highest BCUT2D eigenvalue weighted by molar-refractivity contribution is 7.92. The van der Waals surface area contributed by atoms with Crippen LogP contribution >= 0.6 is 0 Å². The Morgan fingerprint density at radius 3 is 2.18 bits per heavy atom. The highest BCUT2D eigenvalue weighted by atomic mass is 32.2. The molecule has 1 N–H and O–H groups in total. The van der Waals surface area contributed by atoms with Gasteiger partial charge in [0, 0.05) is 19.5 Å². The second-order valence-electron chi connectivity index (χ2n) is 9.33. The normalized spacial score (nSPS) is 11.9. The minimum absolute atomic E-state index is 0.0983. The molecule has 3 aromatic rings. The van der Waals surface area contributed by atoms with E-state index >= 15 is 0 Å². The lowest BCUT2D eigenvalue weighted by molar-refractivity contribution is -0.140. The number of sulfonamides is 1. The minimum atomic E-state index is -3.79. The van der Waals surface area contributed by atoms with E-state index in [4.69, 9.17) is 4.74 Å². The molecule has 0 aromatic heterocycles. The first kappa shape index (κ1) is 29.7. The molecule has 0 aliphatic carbocycles. The molecular formula is C30H37N3O5S. The maximum absolute atomic E-state index is 14.0. The quantitative estimate of drug-likeness (QED) is 0.306. The van der Waals surface area contributed by atoms with Crippen molar-refractivity contribution >= 4 is 27.5 Å². The maximum atomic E-state index is 14.0. The van der Waals surface area contributed by atoms with E-state index in [-0.39, 0.29) is 18.9 Å². The van der Waals surface area contributed by atoms with Gasteiger partial charge in [-0.1, -0.05) is 74.0 Å². The maximum Gasteiger partial charge on any atom is 0.244 e. The molecule has 2 amide bonds. The van der Waals surface area contributed by atoms with Gasteiger partial charge in [-0.15, -0.1) is 0 Å². The Hall–Kier alpha value is -3.85. The molecule has 0 aliphatic heterocycles. The Labute approximate surface area is 231 Å². The van der Waals surface area contributed by atoms with E-state index in [2.05, 4.69) is 5.32 Å². The Morgan fingerprint density at radius 2 is 1.56 bits per heavy atom. The van der Waals surface area contributed by atoms with Crippen LogP contribution in [0.2, 0.25) is 0 Å². The summed E-state index contributed by atoms with van der Waals surface area (Å²) in [5, 5.41) is 2.97. The first-order chi connectivity index (χ1) is 18.7. The third-order valence-corrected chi connectivity index (χ3v) is 7.45. The van der Waals surface area contributed by atoms with Crippen LogP contribution in [0.1, 0.15) is 30.9 Å². The molecule has 0 fully saturated rings. The molecule has 0 unspecified atom stereocenters. The number of nitrogens with zero attached hydrogens (tertiary/aromatic N) is 2. The van der Waals surface area contributed by atoms with Gasteiger partial charge in [-0.2, -0.15) is 0 Å². The van der Waals surface area contributed by atoms with Crippen LogP contribution in [-0.2, 0) is 32.6 Å². The molecule has 0 spiro atoms. The lowest BCUT2D eigenvalue weighted by atomic mass is 10.0. The summed E-state index contributed by atoms with van der Waals surface area (Å²) in [5.41, 5.74) is 2.02. The van der Waals surface area contributed by atoms with E-state index in [0.29, 0.717) is 18.0 Å². The molecule has 208 valence electrons. The Bertz CT molecular complexity index is 1320. The second kappa shape index (κ2) is 14.3. The predicted molar refractivity (Wildman–Crippen MR) is 154 cm³/mol. The SMILES string of the molecule is CCCCNC(=O)[C@@H](Cc1ccccc1)N(Cc1cccc(OC)c1)C(=O)CN(c1ccccc1)S(C)(=O)=O. The highest BCUT2D eigenvalue weighted by Crippen LogP contribution is 2.21. The fourth-order valence-corrected chi connectivity index (χ4v) is 5.09. The molecule has 0 heterocycles. The number of rotatable bonds is 14. The van der Waals surface area contributed by atoms with Crippen molar-refractivity contribution in [1.29, 1.82) is 0 Å². The largest absolute Gasteiger partial charge is 0.497 e. The first-order valence-corrected chi connectivity index (χ1v) is 14.8. The van der Waals surface area contributed by atoms with Crippen LogP contribution in [-0.4, -0.2) is 57.6 Å². The zero-order valence-electron chi connectivity index (χ0n) is 22.7. The summed E-state index contributed by atoms with van der Waals surface area (Å²) >= 11 is 0. The van der Waals surface area contributed by atoms with Crippen LogP contribution in [0.3, 0.4) is 0 Å². The molecule has 0 radical (unpaired) electrons. The van der Waals surface area contributed by atoms with Crippen LogP contribution in [0, 0.1) is 0 Å². The number of unbranched alkanes of at least 4 members (excludes halogenated alkanes) is 1. The summed E-state index contributed by atoms with van der Waals surface area (Å²) in [4.78, 5) is 29.1. The van der Waals surface area contributed by atoms with E-state index in [1.165, 1.54) is 4.90 Å². The summed E-state index contributed by atoms with van der Waals surface area (Å²) in [7, 11) is -2.23. The summed E-state index contributed by atoms with van der Waals surface area (Å²) < 4.78 is 32.0. The minimum Gasteiger partial charge on any atom is -0.497 e. The third kappa shape index (κ3) is 8.85. The number of carbonyl (C=O) groups is 2. The number of nitrogens with one attached hydrogen (secondary N) is 1. The zero-order valence-corrected chi connectivity index (χ0v) is 23.6. The Morgan fingerprint density at radius 1 is 0.923 bits per heavy atom. The number of amides is 2. The van der Waals surface area contributed by atoms with Crippen LogP contribution in [0.5, 0.6) is 5.75 Å². The van der Waals surface area contributed by atoms with Gasteiger partial charge >= 0.3 is 0 Å². The van der Waals surface area contributed by atoms with Gasteiger partial charge in [0.1, 0.15) is 18.3 Å². The van der Waals surface area contributed by atoms with E-state index in [1.54, 1.807) is 49.6 Å². The van der Waals surface area contributed by atoms with Gasteiger partial charge in [-0.25, -0.2) is 8.42 Å². The smallest absolute Gasteiger partial charge is 0.244 e. The molecule has 9 heteroatoms. The zero-order chi connectivity index (χ0) is 28.3. The Balaban J connectivity index is 2.03. The molecule has 0 bridgehead atoms. The average molecular weight is 552 g/mol. The van der Waals surface area contributed by atoms with Crippen molar-refractivity contribution < 1.29 is 22.7 Å². The highest BCUT2D eigenvalue weighted by Gasteiger charge is 2.33. The van der Waals surface area contributed by atoms with Crippen LogP contribution in [0.15, 0.2) is 84.9 Å². The summed E-state index contributed by atoms with van der Waals surface area (Å²) in [6, 6.07) is 24.4. The molecule has 0 aliphatic rings. The van der Waals surface area contributed by atoms with Gasteiger partial charge in [-0.05, 0) is 41.8 Å². The fraction of sp³-hybridized carbons (Fsp3) is 0.333. The lowest BCUT2D eigenvalue weighted by Gasteiger charge is -2.33. The second-order valence-corrected chi connectivity index (χ2v) is 11.2. The van der Waals surface area contributed by atoms with Crippen LogP contribution < -0.4 is 14.4 Å². The molecule has 8 nitrogen and oxygen atoms in total. The van der Waals surface area contributed by atoms with Gasteiger partial charge < -0.3 is 15.0 Å². The topological polar surface area (TPSA) is 96.0 Å². The van der Waals surface area contributed by atoms with Gasteiger partial charge in [0.15, 0.2) is 0 Å². The monoisotopic (exact) mass is 551 g/mol. The van der Waals surface area contributed by atoms with E-state index in [9.17, 15) is 18.0 Å². The van der Waals surface area contributed by atoms with Crippen LogP contribution in [0.4, 0.5) is 5.69 Å². The number of benzene rings is 3. The number of para-hydroxylation sites is 1. The van der Waals surface area contributed by atoms with Crippen molar-refractivity contribution in [3.63, 3.8) is 0 Å². The van der Waals surface area contributed by atoms with Crippen molar-refractivity contribution in [3.05, 3.63) is 96.1 Å². The molecule has 1 atom stereocenters. The predicted octanol–water partition coefficient (Wildman–Crippen LogP) is 4.02. The molecule has 39 heavy (non-hydrogen) atoms. The van der Waals surface area contributed by atoms with Crippen molar-refractivity contribution in [2.45, 2.75) is 38.8 Å². The fourth-order valence-electron chi connectivity index (χ4n) is 4.24. The van der Waals surface area contributed by atoms with Crippen molar-refractivity contribution in [2.24, 2.45) is 0 Å². The van der Waals surface area contributed by atoms with Gasteiger partial charge in [0.05, 0.1) is 19.1 Å². The molecule has 0 saturated carbocycles. The summed E-state index contributed by atoms with van der Waals surface area (Å²) in [6.45, 7) is 2.18. The molecule has 3 aromatic carbocycles. The lowest BCUT2D eigenvalue weighted by Crippen LogP contribution is -2.53. The third-order valence-electron chi connectivity index (χ3n) is 6.31. The van der Waals surface area contributed by atoms with Gasteiger partial charge in [0.25, 0.3) is 0 Å². The van der Waals surface area contributed by atoms with E-state index in [1.807, 2.05) is 49.4 Å². The van der Waals surface area contributed by atoms with Crippen molar-refractivity contribution in [3.8, 4) is 5.75 Å². The summed E-state index contributed by atoms with van der Waals surface area (Å²) in [6.07, 6.45) is 3.07. The first-order valence-electron chi connectivity index (χ1n) is 13.0. The van der Waals surface area contributed by atoms with E-state index < -0.39 is 28.5 Å². The molecule has 3 rings (SSSR count). The van der Waals surface area contributed by atoms with Crippen LogP contribution in [0.25, 0.3) is 0 Å². The standard InChI is InChI=1S/C30H37N3O5S/c1-4-5-19-31-30(35)28(21-24-13-8-6-9-14-24)32(22-25-15-12-18-27(20-25)38-2)29(34)23-33(39(3,36)37)26-16-10-7-11-17-26/h6-18,20,28H,4-5,19,21-23H2,1-3H3,(H,31,35)/t28-/m1/s1. The number of carbonyl (C=O) groups excluding carboxylic acids is 2. The number of ether oxygens (including phenoxy) is 1. The van der Waals surface area contributed by atoms with Gasteiger partial charge in [-0.3, -0.25) is 13.9 Å².